The number of hydrogen-bond donors (Lipinski definition) is 3. The van der Waals surface area contributed by atoms with E-state index in [2.05, 4.69) is 10.6 Å². The third kappa shape index (κ3) is 8.80. The number of halogens is 1. The standard InChI is InChI=1S/C37H45FN6O12S/c1-36(2,3)56-34(49)39-27-14-16-42(57(53,54)30-13-5-4-12-28(30)44(51)52)15-7-6-10-23-18-37(23,33(47)48)40-31(45)29-17-24(20-43(29)32(27)46)55-35(50)41-19-22-9-8-11-26(38)25(22)21-41/h4-5,8-9,11-13,23-24,27,29H,6-7,10,14-21H2,1-3H3,(H,39,49)(H,40,45)(H,47,48)/t23-,24-,27+,29+,37-/m1/s1. The molecule has 3 fully saturated rings. The zero-order valence-corrected chi connectivity index (χ0v) is 32.5. The van der Waals surface area contributed by atoms with Gasteiger partial charge >= 0.3 is 18.2 Å². The lowest BCUT2D eigenvalue weighted by molar-refractivity contribution is -0.387. The van der Waals surface area contributed by atoms with Crippen LogP contribution in [0, 0.1) is 21.8 Å². The number of nitrogens with zero attached hydrogens (tertiary/aromatic N) is 4. The molecule has 3 heterocycles. The first-order valence-corrected chi connectivity index (χ1v) is 20.1. The Labute approximate surface area is 327 Å². The van der Waals surface area contributed by atoms with Crippen molar-refractivity contribution in [3.63, 3.8) is 0 Å². The van der Waals surface area contributed by atoms with Crippen LogP contribution in [0.3, 0.4) is 0 Å². The van der Waals surface area contributed by atoms with Crippen LogP contribution in [0.4, 0.5) is 19.7 Å². The van der Waals surface area contributed by atoms with Gasteiger partial charge in [-0.05, 0) is 70.1 Å². The summed E-state index contributed by atoms with van der Waals surface area (Å²) in [5, 5.41) is 27.2. The van der Waals surface area contributed by atoms with E-state index in [0.29, 0.717) is 24.0 Å². The Morgan fingerprint density at radius 1 is 1.05 bits per heavy atom. The highest BCUT2D eigenvalue weighted by atomic mass is 32.2. The van der Waals surface area contributed by atoms with Crippen LogP contribution in [0.1, 0.15) is 70.4 Å². The number of hydrogen-bond acceptors (Lipinski definition) is 11. The number of nitro benzene ring substituents is 1. The van der Waals surface area contributed by atoms with Crippen molar-refractivity contribution in [1.29, 1.82) is 0 Å². The highest BCUT2D eigenvalue weighted by molar-refractivity contribution is 7.89. The van der Waals surface area contributed by atoms with Gasteiger partial charge in [0.2, 0.25) is 21.8 Å². The molecule has 0 aromatic heterocycles. The fourth-order valence-electron chi connectivity index (χ4n) is 7.73. The molecule has 308 valence electrons. The Morgan fingerprint density at radius 2 is 1.79 bits per heavy atom. The molecule has 0 unspecified atom stereocenters. The zero-order valence-electron chi connectivity index (χ0n) is 31.6. The second-order valence-electron chi connectivity index (χ2n) is 15.8. The molecule has 3 N–H and O–H groups in total. The van der Waals surface area contributed by atoms with Gasteiger partial charge in [-0.2, -0.15) is 4.31 Å². The molecule has 2 aromatic carbocycles. The highest BCUT2D eigenvalue weighted by Gasteiger charge is 2.62. The minimum Gasteiger partial charge on any atom is -0.479 e. The molecule has 2 saturated heterocycles. The molecule has 1 aliphatic carbocycles. The molecule has 18 nitrogen and oxygen atoms in total. The van der Waals surface area contributed by atoms with Crippen molar-refractivity contribution >= 4 is 45.7 Å². The summed E-state index contributed by atoms with van der Waals surface area (Å²) in [4.78, 5) is 80.5. The summed E-state index contributed by atoms with van der Waals surface area (Å²) in [5.41, 5.74) is -2.43. The molecule has 4 amide bonds. The number of aliphatic carboxylic acids is 1. The van der Waals surface area contributed by atoms with Crippen molar-refractivity contribution in [2.75, 3.05) is 19.6 Å². The number of carbonyl (C=O) groups is 5. The van der Waals surface area contributed by atoms with Gasteiger partial charge in [0.15, 0.2) is 4.90 Å². The summed E-state index contributed by atoms with van der Waals surface area (Å²) < 4.78 is 54.8. The van der Waals surface area contributed by atoms with Crippen LogP contribution >= 0.6 is 0 Å². The van der Waals surface area contributed by atoms with E-state index in [1.165, 1.54) is 29.2 Å². The van der Waals surface area contributed by atoms with E-state index in [4.69, 9.17) is 9.47 Å². The van der Waals surface area contributed by atoms with Crippen molar-refractivity contribution < 1.29 is 56.3 Å². The van der Waals surface area contributed by atoms with Gasteiger partial charge in [0.1, 0.15) is 35.1 Å². The highest BCUT2D eigenvalue weighted by Crippen LogP contribution is 2.47. The number of alkyl carbamates (subject to hydrolysis) is 1. The number of amides is 4. The number of benzene rings is 2. The molecule has 6 rings (SSSR count). The fourth-order valence-corrected chi connectivity index (χ4v) is 9.38. The van der Waals surface area contributed by atoms with Gasteiger partial charge in [-0.25, -0.2) is 27.2 Å². The lowest BCUT2D eigenvalue weighted by atomic mass is 10.1. The lowest BCUT2D eigenvalue weighted by Crippen LogP contribution is -2.57. The number of fused-ring (bicyclic) bond motifs is 3. The van der Waals surface area contributed by atoms with Crippen molar-refractivity contribution in [2.24, 2.45) is 5.92 Å². The quantitative estimate of drug-likeness (QED) is 0.282. The second kappa shape index (κ2) is 15.9. The maximum atomic E-state index is 14.6. The lowest BCUT2D eigenvalue weighted by Gasteiger charge is -2.31. The van der Waals surface area contributed by atoms with Crippen LogP contribution in [0.2, 0.25) is 0 Å². The van der Waals surface area contributed by atoms with E-state index in [9.17, 15) is 52.0 Å². The Morgan fingerprint density at radius 3 is 2.47 bits per heavy atom. The summed E-state index contributed by atoms with van der Waals surface area (Å²) >= 11 is 0. The Kier molecular flexibility index (Phi) is 11.5. The van der Waals surface area contributed by atoms with Crippen LogP contribution in [0.5, 0.6) is 0 Å². The summed E-state index contributed by atoms with van der Waals surface area (Å²) in [5.74, 6) is -4.02. The molecular formula is C37H45FN6O12S. The van der Waals surface area contributed by atoms with Crippen LogP contribution in [-0.2, 0) is 47.0 Å². The average Bonchev–Trinajstić information content (AvgIpc) is 3.42. The van der Waals surface area contributed by atoms with Gasteiger partial charge in [-0.15, -0.1) is 0 Å². The van der Waals surface area contributed by atoms with Gasteiger partial charge in [0.05, 0.1) is 18.0 Å². The van der Waals surface area contributed by atoms with Gasteiger partial charge in [-0.1, -0.05) is 30.7 Å². The number of nitrogens with one attached hydrogen (secondary N) is 2. The zero-order chi connectivity index (χ0) is 41.4. The minimum atomic E-state index is -4.58. The van der Waals surface area contributed by atoms with Gasteiger partial charge in [0, 0.05) is 37.7 Å². The number of nitro groups is 1. The Hall–Kier alpha value is -5.37. The van der Waals surface area contributed by atoms with E-state index in [1.807, 2.05) is 0 Å². The topological polar surface area (TPSA) is 235 Å². The smallest absolute Gasteiger partial charge is 0.410 e. The van der Waals surface area contributed by atoms with E-state index >= 15 is 0 Å². The van der Waals surface area contributed by atoms with Crippen molar-refractivity contribution in [3.05, 3.63) is 69.5 Å². The van der Waals surface area contributed by atoms with Gasteiger partial charge in [-0.3, -0.25) is 24.6 Å². The van der Waals surface area contributed by atoms with Crippen molar-refractivity contribution in [3.8, 4) is 0 Å². The maximum Gasteiger partial charge on any atom is 0.410 e. The molecule has 1 saturated carbocycles. The van der Waals surface area contributed by atoms with E-state index in [1.54, 1.807) is 26.8 Å². The number of rotatable bonds is 6. The minimum absolute atomic E-state index is 0.0567. The van der Waals surface area contributed by atoms with Crippen molar-refractivity contribution in [2.45, 2.75) is 107 Å². The molecule has 2 aromatic rings. The number of ether oxygens (including phenoxy) is 2. The number of para-hydroxylation sites is 1. The van der Waals surface area contributed by atoms with Crippen LogP contribution in [0.15, 0.2) is 47.4 Å². The first-order valence-electron chi connectivity index (χ1n) is 18.6. The third-order valence-corrected chi connectivity index (χ3v) is 12.6. The number of carboxylic acid groups (broad SMARTS) is 1. The predicted octanol–water partition coefficient (Wildman–Crippen LogP) is 3.27. The van der Waals surface area contributed by atoms with E-state index in [0.717, 1.165) is 21.3 Å². The fraction of sp³-hybridized carbons (Fsp3) is 0.541. The normalized spacial score (nSPS) is 25.8. The number of carboxylic acids is 1. The Bertz CT molecular complexity index is 2080. The summed E-state index contributed by atoms with van der Waals surface area (Å²) in [6.45, 7) is 3.78. The van der Waals surface area contributed by atoms with Crippen LogP contribution in [-0.4, -0.2) is 111 Å². The van der Waals surface area contributed by atoms with Gasteiger partial charge < -0.3 is 30.1 Å². The molecule has 0 radical (unpaired) electrons. The summed E-state index contributed by atoms with van der Waals surface area (Å²) in [6, 6.07) is 6.35. The van der Waals surface area contributed by atoms with Crippen LogP contribution < -0.4 is 10.6 Å². The average molecular weight is 817 g/mol. The molecule has 0 spiro atoms. The van der Waals surface area contributed by atoms with E-state index < -0.39 is 103 Å². The SMILES string of the molecule is CC(C)(C)OC(=O)N[C@H]1CCN(S(=O)(=O)c2ccccc2[N+](=O)[O-])CCCC[C@@H]2C[C@@]2(C(=O)O)NC(=O)[C@@H]2C[C@@H](OC(=O)N3Cc4cccc(F)c4C3)CN2C1=O. The third-order valence-electron chi connectivity index (χ3n) is 10.7. The first kappa shape index (κ1) is 41.3. The molecule has 3 aliphatic heterocycles. The first-order chi connectivity index (χ1) is 26.8. The molecule has 5 atom stereocenters. The second-order valence-corrected chi connectivity index (χ2v) is 17.7. The predicted molar refractivity (Wildman–Crippen MR) is 196 cm³/mol. The number of carbonyl (C=O) groups excluding carboxylic acids is 4. The Balaban J connectivity index is 1.32. The van der Waals surface area contributed by atoms with Crippen molar-refractivity contribution in [1.82, 2.24) is 24.7 Å². The largest absolute Gasteiger partial charge is 0.479 e. The molecule has 20 heteroatoms. The molecule has 57 heavy (non-hydrogen) atoms. The van der Waals surface area contributed by atoms with E-state index in [-0.39, 0.29) is 51.9 Å². The summed E-state index contributed by atoms with van der Waals surface area (Å²) in [6.07, 6.45) is -2.72. The van der Waals surface area contributed by atoms with Gasteiger partial charge in [0.25, 0.3) is 5.69 Å². The molecular weight excluding hydrogens is 772 g/mol. The van der Waals surface area contributed by atoms with Crippen LogP contribution in [0.25, 0.3) is 0 Å². The molecule has 0 bridgehead atoms. The molecule has 4 aliphatic rings. The monoisotopic (exact) mass is 816 g/mol. The maximum absolute atomic E-state index is 14.6. The number of sulfonamides is 1. The summed E-state index contributed by atoms with van der Waals surface area (Å²) in [7, 11) is -4.58.